The molecule has 122 valence electrons. The highest BCUT2D eigenvalue weighted by atomic mass is 32.1. The summed E-state index contributed by atoms with van der Waals surface area (Å²) in [7, 11) is 0. The van der Waals surface area contributed by atoms with Crippen LogP contribution in [0.5, 0.6) is 0 Å². The highest BCUT2D eigenvalue weighted by Gasteiger charge is 2.35. The van der Waals surface area contributed by atoms with E-state index in [9.17, 15) is 4.79 Å². The number of aromatic nitrogens is 3. The van der Waals surface area contributed by atoms with Crippen molar-refractivity contribution in [1.82, 2.24) is 31.3 Å². The molecule has 0 aliphatic carbocycles. The van der Waals surface area contributed by atoms with E-state index in [0.29, 0.717) is 16.6 Å². The standard InChI is InChI=1S/C14H19N7OS/c1-14(2,12-20-21-13(15)23-12)17-11(22)10-7-9(18-19-10)8-5-3-4-6-16-8/h3-6,9-10,18-19H,7H2,1-2H3,(H2,15,21)(H,17,22). The summed E-state index contributed by atoms with van der Waals surface area (Å²) in [6, 6.07) is 5.40. The van der Waals surface area contributed by atoms with E-state index in [1.807, 2.05) is 32.0 Å². The van der Waals surface area contributed by atoms with E-state index in [0.717, 1.165) is 5.69 Å². The van der Waals surface area contributed by atoms with Crippen molar-refractivity contribution < 1.29 is 4.79 Å². The van der Waals surface area contributed by atoms with Crippen molar-refractivity contribution in [3.8, 4) is 0 Å². The maximum absolute atomic E-state index is 12.5. The largest absolute Gasteiger partial charge is 0.374 e. The molecule has 5 N–H and O–H groups in total. The molecule has 3 heterocycles. The summed E-state index contributed by atoms with van der Waals surface area (Å²) >= 11 is 1.27. The molecule has 23 heavy (non-hydrogen) atoms. The highest BCUT2D eigenvalue weighted by molar-refractivity contribution is 7.15. The molecule has 1 aliphatic heterocycles. The zero-order valence-electron chi connectivity index (χ0n) is 12.9. The summed E-state index contributed by atoms with van der Waals surface area (Å²) in [5, 5.41) is 11.9. The molecule has 1 saturated heterocycles. The first kappa shape index (κ1) is 15.8. The second-order valence-electron chi connectivity index (χ2n) is 5.94. The van der Waals surface area contributed by atoms with Crippen LogP contribution in [0.15, 0.2) is 24.4 Å². The molecule has 0 saturated carbocycles. The molecule has 2 unspecified atom stereocenters. The molecule has 0 aromatic carbocycles. The van der Waals surface area contributed by atoms with Crippen LogP contribution in [-0.2, 0) is 10.3 Å². The second-order valence-corrected chi connectivity index (χ2v) is 6.95. The monoisotopic (exact) mass is 333 g/mol. The lowest BCUT2D eigenvalue weighted by Gasteiger charge is -2.25. The number of amides is 1. The summed E-state index contributed by atoms with van der Waals surface area (Å²) in [4.78, 5) is 16.8. The SMILES string of the molecule is CC(C)(NC(=O)C1CC(c2ccccn2)NN1)c1nnc(N)s1. The number of hydrazine groups is 1. The van der Waals surface area contributed by atoms with E-state index in [2.05, 4.69) is 31.3 Å². The molecule has 0 radical (unpaired) electrons. The fraction of sp³-hybridized carbons (Fsp3) is 0.429. The van der Waals surface area contributed by atoms with Gasteiger partial charge >= 0.3 is 0 Å². The number of carbonyl (C=O) groups excluding carboxylic acids is 1. The predicted octanol–water partition coefficient (Wildman–Crippen LogP) is 0.474. The lowest BCUT2D eigenvalue weighted by molar-refractivity contribution is -0.124. The molecule has 1 fully saturated rings. The van der Waals surface area contributed by atoms with Crippen LogP contribution in [0.25, 0.3) is 0 Å². The maximum atomic E-state index is 12.5. The van der Waals surface area contributed by atoms with Gasteiger partial charge in [0.1, 0.15) is 11.0 Å². The van der Waals surface area contributed by atoms with Gasteiger partial charge < -0.3 is 11.1 Å². The van der Waals surface area contributed by atoms with Crippen molar-refractivity contribution in [2.75, 3.05) is 5.73 Å². The average molecular weight is 333 g/mol. The molecule has 1 amide bonds. The van der Waals surface area contributed by atoms with Gasteiger partial charge in [-0.2, -0.15) is 0 Å². The smallest absolute Gasteiger partial charge is 0.239 e. The van der Waals surface area contributed by atoms with Crippen LogP contribution in [0.3, 0.4) is 0 Å². The quantitative estimate of drug-likeness (QED) is 0.642. The third-order valence-electron chi connectivity index (χ3n) is 3.68. The van der Waals surface area contributed by atoms with Crippen LogP contribution in [0.1, 0.15) is 37.0 Å². The molecule has 3 rings (SSSR count). The lowest BCUT2D eigenvalue weighted by atomic mass is 10.0. The Morgan fingerprint density at radius 3 is 2.87 bits per heavy atom. The second kappa shape index (κ2) is 6.19. The molecule has 2 atom stereocenters. The number of nitrogens with zero attached hydrogens (tertiary/aromatic N) is 3. The van der Waals surface area contributed by atoms with E-state index < -0.39 is 5.54 Å². The third-order valence-corrected chi connectivity index (χ3v) is 4.75. The minimum Gasteiger partial charge on any atom is -0.374 e. The number of nitrogens with two attached hydrogens (primary N) is 1. The number of rotatable bonds is 4. The molecular formula is C14H19N7OS. The highest BCUT2D eigenvalue weighted by Crippen LogP contribution is 2.26. The first-order valence-electron chi connectivity index (χ1n) is 7.29. The Balaban J connectivity index is 1.63. The minimum absolute atomic E-state index is 0.00670. The van der Waals surface area contributed by atoms with Crippen LogP contribution in [0, 0.1) is 0 Å². The zero-order chi connectivity index (χ0) is 16.4. The van der Waals surface area contributed by atoms with Crippen LogP contribution in [0.4, 0.5) is 5.13 Å². The number of hydrogen-bond acceptors (Lipinski definition) is 8. The molecule has 8 nitrogen and oxygen atoms in total. The summed E-state index contributed by atoms with van der Waals surface area (Å²) in [5.41, 5.74) is 12.0. The molecule has 2 aromatic heterocycles. The number of pyridine rings is 1. The molecule has 9 heteroatoms. The van der Waals surface area contributed by atoms with Gasteiger partial charge in [0.15, 0.2) is 0 Å². The maximum Gasteiger partial charge on any atom is 0.239 e. The van der Waals surface area contributed by atoms with E-state index in [-0.39, 0.29) is 18.0 Å². The molecule has 1 aliphatic rings. The van der Waals surface area contributed by atoms with E-state index in [1.165, 1.54) is 11.3 Å². The Kier molecular flexibility index (Phi) is 4.24. The summed E-state index contributed by atoms with van der Waals surface area (Å²) in [5.74, 6) is -0.102. The fourth-order valence-corrected chi connectivity index (χ4v) is 3.11. The van der Waals surface area contributed by atoms with E-state index in [1.54, 1.807) is 6.20 Å². The van der Waals surface area contributed by atoms with Gasteiger partial charge in [-0.1, -0.05) is 17.4 Å². The number of carbonyl (C=O) groups is 1. The first-order valence-corrected chi connectivity index (χ1v) is 8.11. The number of hydrogen-bond donors (Lipinski definition) is 4. The van der Waals surface area contributed by atoms with Crippen molar-refractivity contribution in [1.29, 1.82) is 0 Å². The summed E-state index contributed by atoms with van der Waals surface area (Å²) in [6.45, 7) is 3.76. The average Bonchev–Trinajstić information content (AvgIpc) is 3.17. The molecule has 2 aromatic rings. The predicted molar refractivity (Wildman–Crippen MR) is 87.1 cm³/mol. The Bertz CT molecular complexity index is 687. The van der Waals surface area contributed by atoms with Crippen molar-refractivity contribution in [2.45, 2.75) is 37.9 Å². The summed E-state index contributed by atoms with van der Waals surface area (Å²) in [6.07, 6.45) is 2.37. The Morgan fingerprint density at radius 1 is 1.39 bits per heavy atom. The first-order chi connectivity index (χ1) is 11.0. The molecular weight excluding hydrogens is 314 g/mol. The molecule has 0 bridgehead atoms. The van der Waals surface area contributed by atoms with Gasteiger partial charge in [0.05, 0.1) is 17.3 Å². The number of nitrogens with one attached hydrogen (secondary N) is 3. The van der Waals surface area contributed by atoms with Crippen LogP contribution >= 0.6 is 11.3 Å². The van der Waals surface area contributed by atoms with Crippen LogP contribution in [0.2, 0.25) is 0 Å². The molecule has 0 spiro atoms. The third kappa shape index (κ3) is 3.46. The topological polar surface area (TPSA) is 118 Å². The van der Waals surface area contributed by atoms with Gasteiger partial charge in [-0.3, -0.25) is 9.78 Å². The number of nitrogen functional groups attached to an aromatic ring is 1. The summed E-state index contributed by atoms with van der Waals surface area (Å²) < 4.78 is 0. The van der Waals surface area contributed by atoms with Gasteiger partial charge in [0, 0.05) is 6.20 Å². The van der Waals surface area contributed by atoms with Crippen molar-refractivity contribution >= 4 is 22.4 Å². The Hall–Kier alpha value is -2.10. The normalized spacial score (nSPS) is 21.3. The van der Waals surface area contributed by atoms with Gasteiger partial charge in [-0.05, 0) is 32.4 Å². The Morgan fingerprint density at radius 2 is 2.22 bits per heavy atom. The van der Waals surface area contributed by atoms with Crippen molar-refractivity contribution in [3.05, 3.63) is 35.1 Å². The van der Waals surface area contributed by atoms with Gasteiger partial charge in [0.25, 0.3) is 0 Å². The van der Waals surface area contributed by atoms with E-state index >= 15 is 0 Å². The van der Waals surface area contributed by atoms with Crippen LogP contribution in [-0.4, -0.2) is 27.1 Å². The van der Waals surface area contributed by atoms with Crippen molar-refractivity contribution in [3.63, 3.8) is 0 Å². The van der Waals surface area contributed by atoms with E-state index in [4.69, 9.17) is 5.73 Å². The van der Waals surface area contributed by atoms with Crippen LogP contribution < -0.4 is 21.9 Å². The van der Waals surface area contributed by atoms with Gasteiger partial charge in [0.2, 0.25) is 11.0 Å². The van der Waals surface area contributed by atoms with Crippen molar-refractivity contribution in [2.24, 2.45) is 0 Å². The fourth-order valence-electron chi connectivity index (χ4n) is 2.44. The Labute approximate surface area is 137 Å². The zero-order valence-corrected chi connectivity index (χ0v) is 13.7. The number of anilines is 1. The van der Waals surface area contributed by atoms with Gasteiger partial charge in [-0.15, -0.1) is 10.2 Å². The van der Waals surface area contributed by atoms with Gasteiger partial charge in [-0.25, -0.2) is 10.9 Å². The minimum atomic E-state index is -0.628. The lowest BCUT2D eigenvalue weighted by Crippen LogP contribution is -2.49.